The van der Waals surface area contributed by atoms with Crippen LogP contribution in [0, 0.1) is 0 Å². The number of hydrogen-bond acceptors (Lipinski definition) is 2. The normalized spacial score (nSPS) is 7.86. The summed E-state index contributed by atoms with van der Waals surface area (Å²) in [6.07, 6.45) is 0. The lowest BCUT2D eigenvalue weighted by Crippen LogP contribution is -2.33. The molecule has 0 spiro atoms. The Morgan fingerprint density at radius 2 is 1.14 bits per heavy atom. The van der Waals surface area contributed by atoms with Gasteiger partial charge in [-0.25, -0.2) is 9.59 Å². The molecule has 0 saturated carbocycles. The molecule has 14 heavy (non-hydrogen) atoms. The van der Waals surface area contributed by atoms with Crippen LogP contribution >= 0.6 is 0 Å². The van der Waals surface area contributed by atoms with E-state index in [-0.39, 0.29) is 12.1 Å². The molecular formula is C8H20N4O2. The van der Waals surface area contributed by atoms with Crippen LogP contribution in [-0.4, -0.2) is 64.1 Å². The zero-order valence-corrected chi connectivity index (χ0v) is 9.71. The lowest BCUT2D eigenvalue weighted by atomic mass is 10.7. The summed E-state index contributed by atoms with van der Waals surface area (Å²) in [6, 6.07) is -0.139. The Kier molecular flexibility index (Phi) is 8.75. The predicted molar refractivity (Wildman–Crippen MR) is 56.3 cm³/mol. The van der Waals surface area contributed by atoms with Gasteiger partial charge in [0.15, 0.2) is 0 Å². The van der Waals surface area contributed by atoms with Crippen molar-refractivity contribution in [2.45, 2.75) is 0 Å². The van der Waals surface area contributed by atoms with Crippen LogP contribution in [0.4, 0.5) is 9.59 Å². The summed E-state index contributed by atoms with van der Waals surface area (Å²) in [6.45, 7) is 0. The third-order valence-corrected chi connectivity index (χ3v) is 1.22. The van der Waals surface area contributed by atoms with Crippen LogP contribution in [0.5, 0.6) is 0 Å². The number of carbonyl (C=O) groups is 2. The van der Waals surface area contributed by atoms with Crippen LogP contribution in [0.1, 0.15) is 0 Å². The summed E-state index contributed by atoms with van der Waals surface area (Å²) in [4.78, 5) is 23.7. The molecule has 0 aliphatic heterocycles. The number of nitrogens with one attached hydrogen (secondary N) is 2. The van der Waals surface area contributed by atoms with Crippen molar-refractivity contribution in [3.05, 3.63) is 0 Å². The fourth-order valence-corrected chi connectivity index (χ4v) is 0.525. The standard InChI is InChI=1S/C5H12N2O.C3H8N2O/c1-6(2)5(8)7(3)4;1-4-3(6)5-2/h1-4H3;1-2H3,(H2,4,5,6). The van der Waals surface area contributed by atoms with Crippen molar-refractivity contribution in [1.82, 2.24) is 20.4 Å². The highest BCUT2D eigenvalue weighted by atomic mass is 16.2. The molecule has 0 unspecified atom stereocenters. The Hall–Kier alpha value is -1.46. The zero-order valence-electron chi connectivity index (χ0n) is 9.71. The molecule has 0 atom stereocenters. The predicted octanol–water partition coefficient (Wildman–Crippen LogP) is -0.225. The van der Waals surface area contributed by atoms with E-state index < -0.39 is 0 Å². The van der Waals surface area contributed by atoms with E-state index in [2.05, 4.69) is 10.6 Å². The molecule has 0 aromatic heterocycles. The maximum Gasteiger partial charge on any atom is 0.318 e. The quantitative estimate of drug-likeness (QED) is 0.572. The molecule has 0 aliphatic carbocycles. The number of amides is 4. The summed E-state index contributed by atoms with van der Waals surface area (Å²) in [5.41, 5.74) is 0. The van der Waals surface area contributed by atoms with Crippen LogP contribution in [-0.2, 0) is 0 Å². The van der Waals surface area contributed by atoms with Crippen molar-refractivity contribution >= 4 is 12.1 Å². The molecule has 0 rings (SSSR count). The van der Waals surface area contributed by atoms with Crippen LogP contribution in [0.2, 0.25) is 0 Å². The van der Waals surface area contributed by atoms with Crippen molar-refractivity contribution in [2.24, 2.45) is 0 Å². The largest absolute Gasteiger partial charge is 0.341 e. The maximum atomic E-state index is 10.7. The van der Waals surface area contributed by atoms with E-state index in [9.17, 15) is 9.59 Å². The average molecular weight is 204 g/mol. The van der Waals surface area contributed by atoms with Crippen LogP contribution in [0.25, 0.3) is 0 Å². The van der Waals surface area contributed by atoms with Crippen LogP contribution < -0.4 is 10.6 Å². The van der Waals surface area contributed by atoms with Crippen LogP contribution in [0.15, 0.2) is 0 Å². The highest BCUT2D eigenvalue weighted by molar-refractivity contribution is 5.73. The number of carbonyl (C=O) groups excluding carboxylic acids is 2. The van der Waals surface area contributed by atoms with Gasteiger partial charge in [-0.3, -0.25) is 0 Å². The summed E-state index contributed by atoms with van der Waals surface area (Å²) >= 11 is 0. The smallest absolute Gasteiger partial charge is 0.318 e. The lowest BCUT2D eigenvalue weighted by molar-refractivity contribution is 0.191. The Labute approximate surface area is 85.2 Å². The number of hydrogen-bond donors (Lipinski definition) is 2. The SMILES string of the molecule is CN(C)C(=O)N(C)C.CNC(=O)NC. The molecule has 4 amide bonds. The monoisotopic (exact) mass is 204 g/mol. The number of rotatable bonds is 0. The molecule has 2 N–H and O–H groups in total. The second-order valence-corrected chi connectivity index (χ2v) is 2.90. The van der Waals surface area contributed by atoms with Gasteiger partial charge in [0.2, 0.25) is 0 Å². The highest BCUT2D eigenvalue weighted by Gasteiger charge is 2.02. The van der Waals surface area contributed by atoms with Gasteiger partial charge in [-0.1, -0.05) is 0 Å². The lowest BCUT2D eigenvalue weighted by Gasteiger charge is -2.16. The first kappa shape index (κ1) is 15.0. The van der Waals surface area contributed by atoms with Gasteiger partial charge in [0.1, 0.15) is 0 Å². The minimum absolute atomic E-state index is 0.0185. The van der Waals surface area contributed by atoms with E-state index in [1.165, 1.54) is 9.80 Å². The van der Waals surface area contributed by atoms with Gasteiger partial charge in [0.25, 0.3) is 0 Å². The summed E-state index contributed by atoms with van der Waals surface area (Å²) < 4.78 is 0. The molecule has 0 bridgehead atoms. The summed E-state index contributed by atoms with van der Waals surface area (Å²) in [5, 5.41) is 4.73. The van der Waals surface area contributed by atoms with E-state index in [1.54, 1.807) is 42.3 Å². The number of urea groups is 2. The third kappa shape index (κ3) is 8.63. The van der Waals surface area contributed by atoms with Crippen molar-refractivity contribution in [3.8, 4) is 0 Å². The molecule has 84 valence electrons. The molecule has 0 aromatic rings. The molecule has 6 nitrogen and oxygen atoms in total. The third-order valence-electron chi connectivity index (χ3n) is 1.22. The van der Waals surface area contributed by atoms with Gasteiger partial charge >= 0.3 is 12.1 Å². The fourth-order valence-electron chi connectivity index (χ4n) is 0.525. The average Bonchev–Trinajstić information content (AvgIpc) is 2.15. The Morgan fingerprint density at radius 1 is 0.857 bits per heavy atom. The van der Waals surface area contributed by atoms with E-state index in [1.807, 2.05) is 0 Å². The van der Waals surface area contributed by atoms with Gasteiger partial charge in [0, 0.05) is 42.3 Å². The summed E-state index contributed by atoms with van der Waals surface area (Å²) in [5.74, 6) is 0. The molecule has 0 radical (unpaired) electrons. The van der Waals surface area contributed by atoms with Crippen molar-refractivity contribution in [3.63, 3.8) is 0 Å². The topological polar surface area (TPSA) is 64.7 Å². The Morgan fingerprint density at radius 3 is 1.14 bits per heavy atom. The Bertz CT molecular complexity index is 164. The second-order valence-electron chi connectivity index (χ2n) is 2.90. The molecule has 6 heteroatoms. The molecular weight excluding hydrogens is 184 g/mol. The number of nitrogens with zero attached hydrogens (tertiary/aromatic N) is 2. The minimum atomic E-state index is -0.157. The fraction of sp³-hybridized carbons (Fsp3) is 0.750. The van der Waals surface area contributed by atoms with E-state index in [0.29, 0.717) is 0 Å². The van der Waals surface area contributed by atoms with Crippen molar-refractivity contribution < 1.29 is 9.59 Å². The first-order valence-electron chi connectivity index (χ1n) is 4.14. The maximum absolute atomic E-state index is 10.7. The van der Waals surface area contributed by atoms with Crippen molar-refractivity contribution in [1.29, 1.82) is 0 Å². The van der Waals surface area contributed by atoms with Gasteiger partial charge < -0.3 is 20.4 Å². The summed E-state index contributed by atoms with van der Waals surface area (Å²) in [7, 11) is 10.0. The molecule has 0 heterocycles. The zero-order chi connectivity index (χ0) is 11.7. The van der Waals surface area contributed by atoms with Gasteiger partial charge in [-0.15, -0.1) is 0 Å². The van der Waals surface area contributed by atoms with E-state index in [4.69, 9.17) is 0 Å². The van der Waals surface area contributed by atoms with Crippen molar-refractivity contribution in [2.75, 3.05) is 42.3 Å². The van der Waals surface area contributed by atoms with E-state index >= 15 is 0 Å². The molecule has 0 fully saturated rings. The molecule has 0 saturated heterocycles. The van der Waals surface area contributed by atoms with Crippen LogP contribution in [0.3, 0.4) is 0 Å². The minimum Gasteiger partial charge on any atom is -0.341 e. The second kappa shape index (κ2) is 8.15. The highest BCUT2D eigenvalue weighted by Crippen LogP contribution is 1.83. The first-order valence-corrected chi connectivity index (χ1v) is 4.14. The van der Waals surface area contributed by atoms with Gasteiger partial charge in [-0.05, 0) is 0 Å². The molecule has 0 aliphatic rings. The van der Waals surface area contributed by atoms with Gasteiger partial charge in [-0.2, -0.15) is 0 Å². The van der Waals surface area contributed by atoms with Gasteiger partial charge in [0.05, 0.1) is 0 Å². The molecule has 0 aromatic carbocycles. The van der Waals surface area contributed by atoms with E-state index in [0.717, 1.165) is 0 Å². The first-order chi connectivity index (χ1) is 6.36. The Balaban J connectivity index is 0.